The Hall–Kier alpha value is -0.530. The Morgan fingerprint density at radius 2 is 2.23 bits per heavy atom. The van der Waals surface area contributed by atoms with E-state index in [4.69, 9.17) is 5.73 Å². The van der Waals surface area contributed by atoms with Gasteiger partial charge < -0.3 is 5.73 Å². The minimum Gasteiger partial charge on any atom is -0.387 e. The van der Waals surface area contributed by atoms with Gasteiger partial charge in [0.15, 0.2) is 0 Å². The topological polar surface area (TPSA) is 38.4 Å². The lowest BCUT2D eigenvalue weighted by Crippen LogP contribution is -2.25. The zero-order valence-electron chi connectivity index (χ0n) is 9.14. The molecule has 0 heterocycles. The summed E-state index contributed by atoms with van der Waals surface area (Å²) in [5.41, 5.74) is 6.21. The molecule has 1 aliphatic carbocycles. The number of hydrogen-bond donors (Lipinski definition) is 1. The summed E-state index contributed by atoms with van der Waals surface area (Å²) in [4.78, 5) is 4.61. The van der Waals surface area contributed by atoms with Crippen LogP contribution in [0.5, 0.6) is 0 Å². The van der Waals surface area contributed by atoms with Crippen molar-refractivity contribution in [2.45, 2.75) is 58.9 Å². The third kappa shape index (κ3) is 2.71. The Bertz CT molecular complexity index is 194. The summed E-state index contributed by atoms with van der Waals surface area (Å²) < 4.78 is 0. The fraction of sp³-hybridized carbons (Fsp3) is 0.909. The van der Waals surface area contributed by atoms with Crippen LogP contribution in [-0.4, -0.2) is 11.9 Å². The second kappa shape index (κ2) is 4.12. The van der Waals surface area contributed by atoms with E-state index >= 15 is 0 Å². The van der Waals surface area contributed by atoms with E-state index in [1.54, 1.807) is 0 Å². The molecular formula is C11H22N2. The summed E-state index contributed by atoms with van der Waals surface area (Å²) in [7, 11) is 0. The van der Waals surface area contributed by atoms with Crippen LogP contribution in [0.15, 0.2) is 4.99 Å². The van der Waals surface area contributed by atoms with Crippen molar-refractivity contribution >= 4 is 5.84 Å². The van der Waals surface area contributed by atoms with E-state index in [0.29, 0.717) is 11.5 Å². The fourth-order valence-corrected chi connectivity index (χ4v) is 2.07. The first-order chi connectivity index (χ1) is 6.06. The van der Waals surface area contributed by atoms with E-state index < -0.39 is 0 Å². The van der Waals surface area contributed by atoms with Crippen molar-refractivity contribution < 1.29 is 0 Å². The first-order valence-electron chi connectivity index (χ1n) is 5.38. The molecule has 0 amide bonds. The summed E-state index contributed by atoms with van der Waals surface area (Å²) in [6, 6.07) is 0.471. The van der Waals surface area contributed by atoms with Crippen molar-refractivity contribution in [1.29, 1.82) is 0 Å². The third-order valence-corrected chi connectivity index (χ3v) is 3.03. The Morgan fingerprint density at radius 1 is 1.54 bits per heavy atom. The zero-order valence-corrected chi connectivity index (χ0v) is 9.14. The van der Waals surface area contributed by atoms with Crippen molar-refractivity contribution in [1.82, 2.24) is 0 Å². The van der Waals surface area contributed by atoms with Gasteiger partial charge in [0.05, 0.1) is 11.9 Å². The fourth-order valence-electron chi connectivity index (χ4n) is 2.07. The van der Waals surface area contributed by atoms with Crippen LogP contribution in [0.3, 0.4) is 0 Å². The predicted molar refractivity (Wildman–Crippen MR) is 58.0 cm³/mol. The normalized spacial score (nSPS) is 27.9. The van der Waals surface area contributed by atoms with Gasteiger partial charge >= 0.3 is 0 Å². The van der Waals surface area contributed by atoms with E-state index in [1.807, 2.05) is 0 Å². The van der Waals surface area contributed by atoms with Gasteiger partial charge in [-0.25, -0.2) is 0 Å². The van der Waals surface area contributed by atoms with Crippen LogP contribution < -0.4 is 5.73 Å². The lowest BCUT2D eigenvalue weighted by Gasteiger charge is -2.23. The molecule has 0 bridgehead atoms. The average molecular weight is 182 g/mol. The zero-order chi connectivity index (χ0) is 9.90. The van der Waals surface area contributed by atoms with Crippen LogP contribution in [-0.2, 0) is 0 Å². The number of amidine groups is 1. The molecule has 1 aliphatic rings. The van der Waals surface area contributed by atoms with Crippen molar-refractivity contribution in [2.24, 2.45) is 16.1 Å². The van der Waals surface area contributed by atoms with Crippen LogP contribution in [0.25, 0.3) is 0 Å². The molecule has 1 rings (SSSR count). The number of aliphatic imine (C=N–C) groups is 1. The summed E-state index contributed by atoms with van der Waals surface area (Å²) in [5, 5.41) is 0. The number of nitrogens with zero attached hydrogens (tertiary/aromatic N) is 1. The minimum absolute atomic E-state index is 0.373. The Balaban J connectivity index is 2.57. The van der Waals surface area contributed by atoms with Gasteiger partial charge in [0, 0.05) is 6.42 Å². The number of hydrogen-bond acceptors (Lipinski definition) is 1. The maximum Gasteiger partial charge on any atom is 0.0940 e. The van der Waals surface area contributed by atoms with Gasteiger partial charge in [-0.2, -0.15) is 0 Å². The van der Waals surface area contributed by atoms with Crippen molar-refractivity contribution in [2.75, 3.05) is 0 Å². The van der Waals surface area contributed by atoms with Crippen LogP contribution in [0.4, 0.5) is 0 Å². The highest BCUT2D eigenvalue weighted by Crippen LogP contribution is 2.39. The molecule has 0 aromatic carbocycles. The lowest BCUT2D eigenvalue weighted by atomic mass is 9.88. The van der Waals surface area contributed by atoms with Crippen LogP contribution >= 0.6 is 0 Å². The molecule has 0 radical (unpaired) electrons. The Labute approximate surface area is 81.6 Å². The largest absolute Gasteiger partial charge is 0.387 e. The van der Waals surface area contributed by atoms with E-state index in [2.05, 4.69) is 25.8 Å². The Kier molecular flexibility index (Phi) is 3.34. The summed E-state index contributed by atoms with van der Waals surface area (Å²) >= 11 is 0. The molecule has 1 atom stereocenters. The van der Waals surface area contributed by atoms with Crippen LogP contribution in [0.2, 0.25) is 0 Å². The van der Waals surface area contributed by atoms with E-state index in [0.717, 1.165) is 18.7 Å². The molecule has 13 heavy (non-hydrogen) atoms. The molecule has 76 valence electrons. The molecule has 0 aromatic heterocycles. The maximum absolute atomic E-state index is 5.84. The lowest BCUT2D eigenvalue weighted by molar-refractivity contribution is 0.334. The molecule has 0 saturated heterocycles. The third-order valence-electron chi connectivity index (χ3n) is 3.03. The summed E-state index contributed by atoms with van der Waals surface area (Å²) in [6.07, 6.45) is 5.87. The van der Waals surface area contributed by atoms with Gasteiger partial charge in [0.2, 0.25) is 0 Å². The van der Waals surface area contributed by atoms with Crippen molar-refractivity contribution in [3.63, 3.8) is 0 Å². The maximum atomic E-state index is 5.84. The van der Waals surface area contributed by atoms with Gasteiger partial charge in [-0.15, -0.1) is 0 Å². The quantitative estimate of drug-likeness (QED) is 0.529. The van der Waals surface area contributed by atoms with Gasteiger partial charge in [-0.1, -0.05) is 27.2 Å². The van der Waals surface area contributed by atoms with E-state index in [9.17, 15) is 0 Å². The average Bonchev–Trinajstić information content (AvgIpc) is 2.31. The highest BCUT2D eigenvalue weighted by Gasteiger charge is 2.34. The molecule has 2 nitrogen and oxygen atoms in total. The van der Waals surface area contributed by atoms with Crippen molar-refractivity contribution in [3.05, 3.63) is 0 Å². The van der Waals surface area contributed by atoms with E-state index in [-0.39, 0.29) is 0 Å². The first-order valence-corrected chi connectivity index (χ1v) is 5.38. The van der Waals surface area contributed by atoms with Crippen LogP contribution in [0.1, 0.15) is 52.9 Å². The molecule has 2 heteroatoms. The van der Waals surface area contributed by atoms with Crippen LogP contribution in [0, 0.1) is 5.41 Å². The Morgan fingerprint density at radius 3 is 2.69 bits per heavy atom. The minimum atomic E-state index is 0.373. The molecular weight excluding hydrogens is 160 g/mol. The van der Waals surface area contributed by atoms with Gasteiger partial charge in [-0.3, -0.25) is 4.99 Å². The monoisotopic (exact) mass is 182 g/mol. The molecule has 0 aliphatic heterocycles. The predicted octanol–water partition coefficient (Wildman–Crippen LogP) is 2.72. The SMILES string of the molecule is CCCC(N)=NC1CCCC1(C)C. The molecule has 0 spiro atoms. The number of nitrogens with two attached hydrogens (primary N) is 1. The second-order valence-corrected chi connectivity index (χ2v) is 4.77. The molecule has 1 unspecified atom stereocenters. The van der Waals surface area contributed by atoms with Gasteiger partial charge in [-0.05, 0) is 24.7 Å². The van der Waals surface area contributed by atoms with Crippen molar-refractivity contribution in [3.8, 4) is 0 Å². The highest BCUT2D eigenvalue weighted by molar-refractivity contribution is 5.80. The molecule has 0 aromatic rings. The second-order valence-electron chi connectivity index (χ2n) is 4.77. The standard InChI is InChI=1S/C11H22N2/c1-4-6-10(12)13-9-7-5-8-11(9,2)3/h9H,4-8H2,1-3H3,(H2,12,13). The molecule has 1 saturated carbocycles. The van der Waals surface area contributed by atoms with E-state index in [1.165, 1.54) is 19.3 Å². The first kappa shape index (κ1) is 10.6. The molecule has 2 N–H and O–H groups in total. The number of rotatable bonds is 3. The summed E-state index contributed by atoms with van der Waals surface area (Å²) in [6.45, 7) is 6.74. The molecule has 1 fully saturated rings. The smallest absolute Gasteiger partial charge is 0.0940 e. The van der Waals surface area contributed by atoms with Gasteiger partial charge in [0.25, 0.3) is 0 Å². The van der Waals surface area contributed by atoms with Gasteiger partial charge in [0.1, 0.15) is 0 Å². The summed E-state index contributed by atoms with van der Waals surface area (Å²) in [5.74, 6) is 0.850. The highest BCUT2D eigenvalue weighted by atomic mass is 14.9.